The van der Waals surface area contributed by atoms with Crippen molar-refractivity contribution in [3.63, 3.8) is 0 Å². The van der Waals surface area contributed by atoms with E-state index >= 15 is 0 Å². The van der Waals surface area contributed by atoms with Crippen molar-refractivity contribution < 1.29 is 14.9 Å². The molecule has 0 heterocycles. The zero-order valence-electron chi connectivity index (χ0n) is 13.5. The second-order valence-electron chi connectivity index (χ2n) is 6.75. The van der Waals surface area contributed by atoms with Crippen molar-refractivity contribution >= 4 is 0 Å². The van der Waals surface area contributed by atoms with Gasteiger partial charge >= 0.3 is 0 Å². The zero-order valence-corrected chi connectivity index (χ0v) is 13.5. The van der Waals surface area contributed by atoms with Crippen LogP contribution in [0.4, 0.5) is 0 Å². The van der Waals surface area contributed by atoms with E-state index in [9.17, 15) is 10.2 Å². The second kappa shape index (κ2) is 6.80. The zero-order chi connectivity index (χ0) is 15.6. The van der Waals surface area contributed by atoms with E-state index < -0.39 is 12.2 Å². The number of rotatable bonds is 4. The van der Waals surface area contributed by atoms with Crippen LogP contribution in [0.5, 0.6) is 5.75 Å². The molecule has 5 atom stereocenters. The molecule has 1 aromatic rings. The minimum Gasteiger partial charge on any atom is -0.497 e. The van der Waals surface area contributed by atoms with E-state index in [1.165, 1.54) is 0 Å². The van der Waals surface area contributed by atoms with Gasteiger partial charge in [-0.2, -0.15) is 0 Å². The smallest absolute Gasteiger partial charge is 0.118 e. The van der Waals surface area contributed by atoms with Crippen LogP contribution in [-0.4, -0.2) is 23.4 Å². The van der Waals surface area contributed by atoms with Crippen molar-refractivity contribution in [2.75, 3.05) is 7.11 Å². The van der Waals surface area contributed by atoms with Crippen molar-refractivity contribution in [2.45, 2.75) is 45.8 Å². The maximum atomic E-state index is 10.7. The summed E-state index contributed by atoms with van der Waals surface area (Å²) in [5, 5.41) is 21.5. The second-order valence-corrected chi connectivity index (χ2v) is 6.75. The van der Waals surface area contributed by atoms with Crippen LogP contribution in [0.15, 0.2) is 24.3 Å². The van der Waals surface area contributed by atoms with Gasteiger partial charge in [0, 0.05) is 5.92 Å². The van der Waals surface area contributed by atoms with Crippen LogP contribution in [0.1, 0.15) is 45.3 Å². The van der Waals surface area contributed by atoms with Crippen LogP contribution < -0.4 is 4.74 Å². The summed E-state index contributed by atoms with van der Waals surface area (Å²) in [5.74, 6) is 1.73. The predicted octanol–water partition coefficient (Wildman–Crippen LogP) is 3.41. The number of benzene rings is 1. The third kappa shape index (κ3) is 3.41. The van der Waals surface area contributed by atoms with Gasteiger partial charge in [0.25, 0.3) is 0 Å². The molecule has 0 bridgehead atoms. The van der Waals surface area contributed by atoms with Crippen LogP contribution in [0.3, 0.4) is 0 Å². The van der Waals surface area contributed by atoms with E-state index in [0.717, 1.165) is 24.2 Å². The van der Waals surface area contributed by atoms with Gasteiger partial charge in [0.15, 0.2) is 0 Å². The highest BCUT2D eigenvalue weighted by Crippen LogP contribution is 2.43. The summed E-state index contributed by atoms with van der Waals surface area (Å²) >= 11 is 0. The Morgan fingerprint density at radius 3 is 2.29 bits per heavy atom. The number of hydrogen-bond donors (Lipinski definition) is 2. The average Bonchev–Trinajstić information content (AvgIpc) is 2.46. The lowest BCUT2D eigenvalue weighted by Crippen LogP contribution is -2.43. The quantitative estimate of drug-likeness (QED) is 0.894. The van der Waals surface area contributed by atoms with Crippen molar-refractivity contribution in [1.29, 1.82) is 0 Å². The van der Waals surface area contributed by atoms with Gasteiger partial charge in [-0.15, -0.1) is 0 Å². The minimum absolute atomic E-state index is 0.0976. The van der Waals surface area contributed by atoms with Crippen LogP contribution >= 0.6 is 0 Å². The highest BCUT2D eigenvalue weighted by Gasteiger charge is 2.41. The highest BCUT2D eigenvalue weighted by molar-refractivity contribution is 5.29. The molecule has 3 heteroatoms. The Bertz CT molecular complexity index is 440. The molecule has 0 saturated heterocycles. The van der Waals surface area contributed by atoms with Gasteiger partial charge in [-0.3, -0.25) is 0 Å². The molecule has 0 radical (unpaired) electrons. The van der Waals surface area contributed by atoms with Crippen LogP contribution in [-0.2, 0) is 0 Å². The Kier molecular flexibility index (Phi) is 5.28. The van der Waals surface area contributed by atoms with Crippen LogP contribution in [0.2, 0.25) is 0 Å². The molecular formula is C18H28O3. The summed E-state index contributed by atoms with van der Waals surface area (Å²) in [6.07, 6.45) is 1.05. The number of ether oxygens (including phenoxy) is 1. The third-order valence-corrected chi connectivity index (χ3v) is 5.12. The van der Waals surface area contributed by atoms with E-state index in [2.05, 4.69) is 20.8 Å². The summed E-state index contributed by atoms with van der Waals surface area (Å²) in [6, 6.07) is 7.50. The van der Waals surface area contributed by atoms with Crippen molar-refractivity contribution in [3.05, 3.63) is 29.8 Å². The van der Waals surface area contributed by atoms with Crippen molar-refractivity contribution in [1.82, 2.24) is 0 Å². The van der Waals surface area contributed by atoms with Gasteiger partial charge in [0.2, 0.25) is 0 Å². The Hall–Kier alpha value is -1.06. The molecule has 2 N–H and O–H groups in total. The van der Waals surface area contributed by atoms with E-state index in [0.29, 0.717) is 11.8 Å². The highest BCUT2D eigenvalue weighted by atomic mass is 16.5. The first-order valence-electron chi connectivity index (χ1n) is 7.95. The molecule has 21 heavy (non-hydrogen) atoms. The average molecular weight is 292 g/mol. The fourth-order valence-electron chi connectivity index (χ4n) is 3.69. The number of aliphatic hydroxyl groups excluding tert-OH is 2. The van der Waals surface area contributed by atoms with Gasteiger partial charge in [0.1, 0.15) is 5.75 Å². The Balaban J connectivity index is 2.19. The normalized spacial score (nSPS) is 31.2. The Labute approximate surface area is 128 Å². The molecule has 0 aromatic heterocycles. The molecule has 1 saturated carbocycles. The van der Waals surface area contributed by atoms with Crippen LogP contribution in [0.25, 0.3) is 0 Å². The lowest BCUT2D eigenvalue weighted by molar-refractivity contribution is -0.0822. The fourth-order valence-corrected chi connectivity index (χ4v) is 3.69. The Morgan fingerprint density at radius 1 is 1.14 bits per heavy atom. The topological polar surface area (TPSA) is 49.7 Å². The molecule has 0 spiro atoms. The molecule has 1 fully saturated rings. The lowest BCUT2D eigenvalue weighted by atomic mass is 9.66. The van der Waals surface area contributed by atoms with Crippen molar-refractivity contribution in [2.24, 2.45) is 23.7 Å². The molecule has 1 aliphatic rings. The summed E-state index contributed by atoms with van der Waals surface area (Å²) < 4.78 is 5.15. The molecule has 2 unspecified atom stereocenters. The fraction of sp³-hybridized carbons (Fsp3) is 0.667. The summed E-state index contributed by atoms with van der Waals surface area (Å²) in [7, 11) is 1.63. The number of hydrogen-bond acceptors (Lipinski definition) is 3. The first-order valence-corrected chi connectivity index (χ1v) is 7.95. The molecule has 0 aliphatic heterocycles. The first kappa shape index (κ1) is 16.3. The predicted molar refractivity (Wildman–Crippen MR) is 84.2 cm³/mol. The standard InChI is InChI=1S/C18H28O3/c1-11(2)15-10-5-12(3)16(18(15)20)17(19)13-6-8-14(21-4)9-7-13/h6-9,11-12,15-20H,5,10H2,1-4H3/t12-,15-,16+,17?,18?/m1/s1. The molecular weight excluding hydrogens is 264 g/mol. The summed E-state index contributed by atoms with van der Waals surface area (Å²) in [6.45, 7) is 6.44. The largest absolute Gasteiger partial charge is 0.497 e. The van der Waals surface area contributed by atoms with Crippen LogP contribution in [0, 0.1) is 23.7 Å². The van der Waals surface area contributed by atoms with Gasteiger partial charge in [0.05, 0.1) is 19.3 Å². The third-order valence-electron chi connectivity index (χ3n) is 5.12. The minimum atomic E-state index is -0.623. The number of methoxy groups -OCH3 is 1. The molecule has 1 aliphatic carbocycles. The first-order chi connectivity index (χ1) is 9.95. The summed E-state index contributed by atoms with van der Waals surface area (Å²) in [5.41, 5.74) is 0.858. The molecule has 1 aromatic carbocycles. The molecule has 3 nitrogen and oxygen atoms in total. The van der Waals surface area contributed by atoms with E-state index in [1.54, 1.807) is 7.11 Å². The summed E-state index contributed by atoms with van der Waals surface area (Å²) in [4.78, 5) is 0. The monoisotopic (exact) mass is 292 g/mol. The van der Waals surface area contributed by atoms with E-state index in [4.69, 9.17) is 4.74 Å². The van der Waals surface area contributed by atoms with Gasteiger partial charge in [-0.25, -0.2) is 0 Å². The SMILES string of the molecule is COc1ccc(C(O)[C@H]2C(O)[C@@H](C(C)C)CC[C@H]2C)cc1. The molecule has 0 amide bonds. The Morgan fingerprint density at radius 2 is 1.76 bits per heavy atom. The lowest BCUT2D eigenvalue weighted by Gasteiger charge is -2.43. The van der Waals surface area contributed by atoms with Gasteiger partial charge in [-0.1, -0.05) is 32.9 Å². The molecule has 2 rings (SSSR count). The van der Waals surface area contributed by atoms with Gasteiger partial charge < -0.3 is 14.9 Å². The number of aliphatic hydroxyl groups is 2. The van der Waals surface area contributed by atoms with Crippen molar-refractivity contribution in [3.8, 4) is 5.75 Å². The maximum Gasteiger partial charge on any atom is 0.118 e. The van der Waals surface area contributed by atoms with E-state index in [-0.39, 0.29) is 11.8 Å². The van der Waals surface area contributed by atoms with Gasteiger partial charge in [-0.05, 0) is 48.3 Å². The molecule has 118 valence electrons. The van der Waals surface area contributed by atoms with E-state index in [1.807, 2.05) is 24.3 Å². The maximum absolute atomic E-state index is 10.7.